The summed E-state index contributed by atoms with van der Waals surface area (Å²) in [5, 5.41) is 0. The van der Waals surface area contributed by atoms with Crippen molar-refractivity contribution in [3.8, 4) is 0 Å². The Bertz CT molecular complexity index is 662. The van der Waals surface area contributed by atoms with Crippen molar-refractivity contribution < 1.29 is 4.39 Å². The van der Waals surface area contributed by atoms with Crippen LogP contribution in [0, 0.1) is 29.5 Å². The quantitative estimate of drug-likeness (QED) is 0.861. The van der Waals surface area contributed by atoms with Crippen LogP contribution in [-0.2, 0) is 5.41 Å². The minimum absolute atomic E-state index is 0.0411. The van der Waals surface area contributed by atoms with Gasteiger partial charge in [0.05, 0.1) is 5.69 Å². The molecule has 2 atom stereocenters. The van der Waals surface area contributed by atoms with E-state index >= 15 is 0 Å². The third kappa shape index (κ3) is 1.84. The first-order chi connectivity index (χ1) is 9.73. The summed E-state index contributed by atoms with van der Waals surface area (Å²) >= 11 is 0. The van der Waals surface area contributed by atoms with Gasteiger partial charge in [-0.25, -0.2) is 4.98 Å². The molecule has 1 heterocycles. The summed E-state index contributed by atoms with van der Waals surface area (Å²) in [6.07, 6.45) is 7.15. The molecule has 4 saturated carbocycles. The van der Waals surface area contributed by atoms with Gasteiger partial charge in [-0.3, -0.25) is 4.79 Å². The Labute approximate surface area is 124 Å². The largest absolute Gasteiger partial charge is 0.308 e. The topological polar surface area (TPSA) is 45.8 Å². The molecule has 4 heteroatoms. The number of aromatic nitrogens is 2. The van der Waals surface area contributed by atoms with Gasteiger partial charge in [-0.05, 0) is 62.2 Å². The highest BCUT2D eigenvalue weighted by atomic mass is 19.1. The molecule has 0 amide bonds. The number of halogens is 1. The number of nitrogens with zero attached hydrogens (tertiary/aromatic N) is 1. The van der Waals surface area contributed by atoms with Crippen molar-refractivity contribution in [3.63, 3.8) is 0 Å². The zero-order chi connectivity index (χ0) is 15.0. The van der Waals surface area contributed by atoms with Gasteiger partial charge in [0.1, 0.15) is 5.82 Å². The Morgan fingerprint density at radius 3 is 2.29 bits per heavy atom. The van der Waals surface area contributed by atoms with E-state index in [1.807, 2.05) is 0 Å². The number of hydrogen-bond acceptors (Lipinski definition) is 2. The van der Waals surface area contributed by atoms with Crippen molar-refractivity contribution in [1.82, 2.24) is 9.97 Å². The van der Waals surface area contributed by atoms with Crippen molar-refractivity contribution in [3.05, 3.63) is 27.7 Å². The molecule has 3 nitrogen and oxygen atoms in total. The molecule has 4 aliphatic rings. The molecule has 0 aliphatic heterocycles. The van der Waals surface area contributed by atoms with Gasteiger partial charge in [-0.15, -0.1) is 0 Å². The number of H-pyrrole nitrogens is 1. The Morgan fingerprint density at radius 1 is 1.14 bits per heavy atom. The van der Waals surface area contributed by atoms with Gasteiger partial charge in [0.15, 0.2) is 0 Å². The van der Waals surface area contributed by atoms with Gasteiger partial charge >= 0.3 is 0 Å². The Hall–Kier alpha value is -1.19. The predicted molar refractivity (Wildman–Crippen MR) is 78.6 cm³/mol. The first kappa shape index (κ1) is 13.5. The normalized spacial score (nSPS) is 44.3. The SMILES string of the molecule is Cc1nc(C23CC4CC(C)(CC(C)(C4)C2)C3)[nH]c(=O)c1F. The van der Waals surface area contributed by atoms with Gasteiger partial charge in [0.25, 0.3) is 5.56 Å². The first-order valence-corrected chi connectivity index (χ1v) is 8.00. The van der Waals surface area contributed by atoms with E-state index in [1.54, 1.807) is 6.92 Å². The molecule has 1 aromatic rings. The van der Waals surface area contributed by atoms with Crippen LogP contribution in [0.5, 0.6) is 0 Å². The molecular formula is C17H23FN2O. The maximum atomic E-state index is 13.6. The number of nitrogens with one attached hydrogen (secondary N) is 1. The number of rotatable bonds is 1. The molecule has 4 aliphatic carbocycles. The van der Waals surface area contributed by atoms with Crippen LogP contribution in [0.25, 0.3) is 0 Å². The number of aromatic amines is 1. The van der Waals surface area contributed by atoms with Crippen LogP contribution in [0.1, 0.15) is 63.9 Å². The van der Waals surface area contributed by atoms with Crippen LogP contribution in [0.3, 0.4) is 0 Å². The highest BCUT2D eigenvalue weighted by Gasteiger charge is 2.61. The fourth-order valence-corrected chi connectivity index (χ4v) is 6.53. The van der Waals surface area contributed by atoms with Crippen molar-refractivity contribution in [1.29, 1.82) is 0 Å². The first-order valence-electron chi connectivity index (χ1n) is 8.00. The average molecular weight is 290 g/mol. The van der Waals surface area contributed by atoms with E-state index in [1.165, 1.54) is 19.3 Å². The summed E-state index contributed by atoms with van der Waals surface area (Å²) in [5.41, 5.74) is 0.299. The van der Waals surface area contributed by atoms with E-state index in [9.17, 15) is 9.18 Å². The fraction of sp³-hybridized carbons (Fsp3) is 0.765. The molecule has 0 radical (unpaired) electrons. The molecule has 0 spiro atoms. The minimum atomic E-state index is -0.735. The van der Waals surface area contributed by atoms with E-state index in [0.29, 0.717) is 10.8 Å². The van der Waals surface area contributed by atoms with Gasteiger partial charge in [-0.2, -0.15) is 4.39 Å². The second kappa shape index (κ2) is 3.76. The van der Waals surface area contributed by atoms with Crippen LogP contribution in [0.2, 0.25) is 0 Å². The highest BCUT2D eigenvalue weighted by Crippen LogP contribution is 2.69. The molecule has 4 bridgehead atoms. The molecule has 0 saturated heterocycles. The zero-order valence-electron chi connectivity index (χ0n) is 13.1. The number of hydrogen-bond donors (Lipinski definition) is 1. The summed E-state index contributed by atoms with van der Waals surface area (Å²) in [7, 11) is 0. The minimum Gasteiger partial charge on any atom is -0.308 e. The molecule has 1 N–H and O–H groups in total. The summed E-state index contributed by atoms with van der Waals surface area (Å²) in [5.74, 6) is 0.737. The third-order valence-corrected chi connectivity index (χ3v) is 6.16. The lowest BCUT2D eigenvalue weighted by atomic mass is 9.40. The lowest BCUT2D eigenvalue weighted by Gasteiger charge is -2.65. The van der Waals surface area contributed by atoms with Crippen LogP contribution in [0.4, 0.5) is 4.39 Å². The highest BCUT2D eigenvalue weighted by molar-refractivity contribution is 5.23. The molecule has 4 fully saturated rings. The van der Waals surface area contributed by atoms with Gasteiger partial charge in [0, 0.05) is 5.41 Å². The van der Waals surface area contributed by atoms with Gasteiger partial charge in [0.2, 0.25) is 5.82 Å². The molecule has 114 valence electrons. The van der Waals surface area contributed by atoms with E-state index < -0.39 is 11.4 Å². The molecule has 2 unspecified atom stereocenters. The summed E-state index contributed by atoms with van der Waals surface area (Å²) < 4.78 is 13.6. The van der Waals surface area contributed by atoms with E-state index in [4.69, 9.17) is 0 Å². The maximum Gasteiger partial charge on any atom is 0.287 e. The molecule has 5 rings (SSSR count). The molecule has 21 heavy (non-hydrogen) atoms. The summed E-state index contributed by atoms with van der Waals surface area (Å²) in [4.78, 5) is 19.1. The Morgan fingerprint density at radius 2 is 1.76 bits per heavy atom. The van der Waals surface area contributed by atoms with Crippen molar-refractivity contribution in [2.75, 3.05) is 0 Å². The standard InChI is InChI=1S/C17H23FN2O/c1-10-12(18)13(21)20-14(19-10)17-6-11-4-15(2,8-17)7-16(3,5-11)9-17/h11H,4-9H2,1-3H3,(H,19,20,21). The third-order valence-electron chi connectivity index (χ3n) is 6.16. The van der Waals surface area contributed by atoms with Crippen LogP contribution >= 0.6 is 0 Å². The lowest BCUT2D eigenvalue weighted by molar-refractivity contribution is -0.112. The Kier molecular flexibility index (Phi) is 2.42. The van der Waals surface area contributed by atoms with E-state index in [0.717, 1.165) is 31.0 Å². The van der Waals surface area contributed by atoms with E-state index in [-0.39, 0.29) is 11.1 Å². The van der Waals surface area contributed by atoms with Crippen molar-refractivity contribution in [2.45, 2.75) is 64.7 Å². The molecule has 0 aromatic carbocycles. The lowest BCUT2D eigenvalue weighted by Crippen LogP contribution is -2.57. The molecular weight excluding hydrogens is 267 g/mol. The second-order valence-electron chi connectivity index (χ2n) is 8.72. The number of aryl methyl sites for hydroxylation is 1. The average Bonchev–Trinajstić information content (AvgIpc) is 2.30. The van der Waals surface area contributed by atoms with Crippen molar-refractivity contribution >= 4 is 0 Å². The van der Waals surface area contributed by atoms with Gasteiger partial charge < -0.3 is 4.98 Å². The van der Waals surface area contributed by atoms with E-state index in [2.05, 4.69) is 23.8 Å². The van der Waals surface area contributed by atoms with Crippen LogP contribution in [0.15, 0.2) is 4.79 Å². The van der Waals surface area contributed by atoms with Crippen LogP contribution in [-0.4, -0.2) is 9.97 Å². The summed E-state index contributed by atoms with van der Waals surface area (Å²) in [6.45, 7) is 6.37. The maximum absolute atomic E-state index is 13.6. The van der Waals surface area contributed by atoms with Crippen molar-refractivity contribution in [2.24, 2.45) is 16.7 Å². The van der Waals surface area contributed by atoms with Crippen LogP contribution < -0.4 is 5.56 Å². The fourth-order valence-electron chi connectivity index (χ4n) is 6.53. The second-order valence-corrected chi connectivity index (χ2v) is 8.72. The smallest absolute Gasteiger partial charge is 0.287 e. The summed E-state index contributed by atoms with van der Waals surface area (Å²) in [6, 6.07) is 0. The predicted octanol–water partition coefficient (Wildman–Crippen LogP) is 3.47. The zero-order valence-corrected chi connectivity index (χ0v) is 13.1. The monoisotopic (exact) mass is 290 g/mol. The van der Waals surface area contributed by atoms with Gasteiger partial charge in [-0.1, -0.05) is 13.8 Å². The Balaban J connectivity index is 1.86. The molecule has 1 aromatic heterocycles.